The van der Waals surface area contributed by atoms with Crippen LogP contribution in [0.15, 0.2) is 12.1 Å². The Morgan fingerprint density at radius 1 is 1.42 bits per heavy atom. The van der Waals surface area contributed by atoms with Crippen molar-refractivity contribution >= 4 is 0 Å². The highest BCUT2D eigenvalue weighted by Crippen LogP contribution is 2.32. The number of phenols is 1. The topological polar surface area (TPSA) is 29.5 Å². The number of methoxy groups -OCH3 is 1. The first-order chi connectivity index (χ1) is 5.70. The van der Waals surface area contributed by atoms with Crippen LogP contribution in [0.4, 0.5) is 0 Å². The van der Waals surface area contributed by atoms with E-state index < -0.39 is 0 Å². The number of ether oxygens (including phenoxy) is 1. The summed E-state index contributed by atoms with van der Waals surface area (Å²) in [6, 6.07) is 3.56. The number of benzene rings is 1. The predicted octanol–water partition coefficient (Wildman–Crippen LogP) is 2.27. The number of hydrogen-bond acceptors (Lipinski definition) is 2. The number of aromatic hydroxyl groups is 1. The smallest absolute Gasteiger partial charge is 0.163 e. The molecule has 2 heteroatoms. The van der Waals surface area contributed by atoms with Gasteiger partial charge in [0.1, 0.15) is 0 Å². The zero-order chi connectivity index (χ0) is 9.14. The summed E-state index contributed by atoms with van der Waals surface area (Å²) >= 11 is 0. The van der Waals surface area contributed by atoms with E-state index in [2.05, 4.69) is 0 Å². The summed E-state index contributed by atoms with van der Waals surface area (Å²) < 4.78 is 5.10. The highest BCUT2D eigenvalue weighted by Gasteiger charge is 2.08. The molecule has 0 spiro atoms. The van der Waals surface area contributed by atoms with Crippen LogP contribution in [-0.2, 0) is 6.42 Å². The molecule has 0 saturated carbocycles. The summed E-state index contributed by atoms with van der Waals surface area (Å²) in [5, 5.41) is 9.42. The fourth-order valence-electron chi connectivity index (χ4n) is 1.38. The van der Waals surface area contributed by atoms with Gasteiger partial charge in [0, 0.05) is 5.56 Å². The molecular formula is C10H14O2. The second kappa shape index (κ2) is 3.48. The monoisotopic (exact) mass is 166 g/mol. The van der Waals surface area contributed by atoms with Crippen molar-refractivity contribution in [2.75, 3.05) is 7.11 Å². The standard InChI is InChI=1S/C10H14O2/c1-4-8-7(2)5-6-9(11)10(8)12-3/h5-6,11H,4H2,1-3H3. The minimum absolute atomic E-state index is 0.222. The molecule has 0 heterocycles. The molecule has 1 aromatic rings. The van der Waals surface area contributed by atoms with E-state index in [0.717, 1.165) is 17.5 Å². The van der Waals surface area contributed by atoms with Gasteiger partial charge in [0.2, 0.25) is 0 Å². The molecule has 0 fully saturated rings. The molecule has 0 aliphatic heterocycles. The number of aryl methyl sites for hydroxylation is 1. The Bertz CT molecular complexity index is 250. The molecule has 1 rings (SSSR count). The van der Waals surface area contributed by atoms with Gasteiger partial charge < -0.3 is 9.84 Å². The number of rotatable bonds is 2. The maximum Gasteiger partial charge on any atom is 0.163 e. The van der Waals surface area contributed by atoms with E-state index in [1.54, 1.807) is 13.2 Å². The van der Waals surface area contributed by atoms with Gasteiger partial charge in [-0.1, -0.05) is 13.0 Å². The molecule has 1 aromatic carbocycles. The normalized spacial score (nSPS) is 9.92. The molecule has 0 aromatic heterocycles. The molecule has 0 aliphatic carbocycles. The van der Waals surface area contributed by atoms with Gasteiger partial charge >= 0.3 is 0 Å². The third-order valence-corrected chi connectivity index (χ3v) is 2.03. The van der Waals surface area contributed by atoms with E-state index in [1.165, 1.54) is 0 Å². The highest BCUT2D eigenvalue weighted by molar-refractivity contribution is 5.49. The van der Waals surface area contributed by atoms with Crippen LogP contribution in [0.5, 0.6) is 11.5 Å². The van der Waals surface area contributed by atoms with Crippen LogP contribution >= 0.6 is 0 Å². The molecule has 0 aliphatic rings. The maximum atomic E-state index is 9.42. The molecule has 0 unspecified atom stereocenters. The van der Waals surface area contributed by atoms with Crippen molar-refractivity contribution in [3.63, 3.8) is 0 Å². The van der Waals surface area contributed by atoms with Crippen LogP contribution in [0.1, 0.15) is 18.1 Å². The molecule has 1 N–H and O–H groups in total. The summed E-state index contributed by atoms with van der Waals surface area (Å²) in [7, 11) is 1.58. The largest absolute Gasteiger partial charge is 0.504 e. The van der Waals surface area contributed by atoms with Crippen LogP contribution < -0.4 is 4.74 Å². The first-order valence-corrected chi connectivity index (χ1v) is 4.06. The summed E-state index contributed by atoms with van der Waals surface area (Å²) in [6.07, 6.45) is 0.878. The fourth-order valence-corrected chi connectivity index (χ4v) is 1.38. The minimum atomic E-state index is 0.222. The van der Waals surface area contributed by atoms with Crippen molar-refractivity contribution in [2.24, 2.45) is 0 Å². The van der Waals surface area contributed by atoms with Crippen molar-refractivity contribution in [1.82, 2.24) is 0 Å². The lowest BCUT2D eigenvalue weighted by Crippen LogP contribution is -1.93. The van der Waals surface area contributed by atoms with Gasteiger partial charge in [0.05, 0.1) is 7.11 Å². The van der Waals surface area contributed by atoms with Gasteiger partial charge in [-0.25, -0.2) is 0 Å². The minimum Gasteiger partial charge on any atom is -0.504 e. The van der Waals surface area contributed by atoms with E-state index >= 15 is 0 Å². The van der Waals surface area contributed by atoms with Crippen LogP contribution in [0.2, 0.25) is 0 Å². The summed E-state index contributed by atoms with van der Waals surface area (Å²) in [5.74, 6) is 0.831. The van der Waals surface area contributed by atoms with E-state index in [0.29, 0.717) is 5.75 Å². The zero-order valence-electron chi connectivity index (χ0n) is 7.72. The van der Waals surface area contributed by atoms with Crippen molar-refractivity contribution in [3.05, 3.63) is 23.3 Å². The quantitative estimate of drug-likeness (QED) is 0.730. The van der Waals surface area contributed by atoms with Gasteiger partial charge in [0.25, 0.3) is 0 Å². The van der Waals surface area contributed by atoms with Gasteiger partial charge in [-0.3, -0.25) is 0 Å². The van der Waals surface area contributed by atoms with Crippen molar-refractivity contribution < 1.29 is 9.84 Å². The lowest BCUT2D eigenvalue weighted by atomic mass is 10.0. The SMILES string of the molecule is CCc1c(C)ccc(O)c1OC. The fraction of sp³-hybridized carbons (Fsp3) is 0.400. The van der Waals surface area contributed by atoms with Gasteiger partial charge in [-0.05, 0) is 25.0 Å². The molecule has 66 valence electrons. The van der Waals surface area contributed by atoms with Crippen molar-refractivity contribution in [2.45, 2.75) is 20.3 Å². The lowest BCUT2D eigenvalue weighted by molar-refractivity contribution is 0.369. The third-order valence-electron chi connectivity index (χ3n) is 2.03. The predicted molar refractivity (Wildman–Crippen MR) is 48.8 cm³/mol. The van der Waals surface area contributed by atoms with Crippen LogP contribution in [-0.4, -0.2) is 12.2 Å². The highest BCUT2D eigenvalue weighted by atomic mass is 16.5. The molecule has 0 bridgehead atoms. The average molecular weight is 166 g/mol. The van der Waals surface area contributed by atoms with Crippen LogP contribution in [0.25, 0.3) is 0 Å². The van der Waals surface area contributed by atoms with Gasteiger partial charge in [0.15, 0.2) is 11.5 Å². The Labute approximate surface area is 72.8 Å². The summed E-state index contributed by atoms with van der Waals surface area (Å²) in [6.45, 7) is 4.06. The first-order valence-electron chi connectivity index (χ1n) is 4.06. The molecule has 0 saturated heterocycles. The molecule has 0 radical (unpaired) electrons. The summed E-state index contributed by atoms with van der Waals surface area (Å²) in [5.41, 5.74) is 2.24. The average Bonchev–Trinajstić information content (AvgIpc) is 2.08. The maximum absolute atomic E-state index is 9.42. The number of phenolic OH excluding ortho intramolecular Hbond substituents is 1. The van der Waals surface area contributed by atoms with Crippen molar-refractivity contribution in [1.29, 1.82) is 0 Å². The molecule has 0 amide bonds. The molecule has 2 nitrogen and oxygen atoms in total. The Kier molecular flexibility index (Phi) is 2.58. The van der Waals surface area contributed by atoms with Crippen LogP contribution in [0.3, 0.4) is 0 Å². The Morgan fingerprint density at radius 3 is 2.50 bits per heavy atom. The zero-order valence-corrected chi connectivity index (χ0v) is 7.72. The Balaban J connectivity index is 3.28. The summed E-state index contributed by atoms with van der Waals surface area (Å²) in [4.78, 5) is 0. The van der Waals surface area contributed by atoms with Crippen LogP contribution in [0, 0.1) is 6.92 Å². The Morgan fingerprint density at radius 2 is 2.08 bits per heavy atom. The van der Waals surface area contributed by atoms with E-state index in [-0.39, 0.29) is 5.75 Å². The lowest BCUT2D eigenvalue weighted by Gasteiger charge is -2.10. The molecular weight excluding hydrogens is 152 g/mol. The van der Waals surface area contributed by atoms with Crippen molar-refractivity contribution in [3.8, 4) is 11.5 Å². The van der Waals surface area contributed by atoms with Gasteiger partial charge in [-0.15, -0.1) is 0 Å². The molecule has 12 heavy (non-hydrogen) atoms. The number of hydrogen-bond donors (Lipinski definition) is 1. The van der Waals surface area contributed by atoms with E-state index in [9.17, 15) is 5.11 Å². The molecule has 0 atom stereocenters. The van der Waals surface area contributed by atoms with Gasteiger partial charge in [-0.2, -0.15) is 0 Å². The van der Waals surface area contributed by atoms with E-state index in [4.69, 9.17) is 4.74 Å². The van der Waals surface area contributed by atoms with E-state index in [1.807, 2.05) is 19.9 Å². The second-order valence-corrected chi connectivity index (χ2v) is 2.77. The third kappa shape index (κ3) is 1.37. The first kappa shape index (κ1) is 8.91. The Hall–Kier alpha value is -1.18. The second-order valence-electron chi connectivity index (χ2n) is 2.77.